The van der Waals surface area contributed by atoms with E-state index in [0.29, 0.717) is 24.1 Å². The van der Waals surface area contributed by atoms with Crippen LogP contribution in [0.4, 0.5) is 5.69 Å². The fourth-order valence-corrected chi connectivity index (χ4v) is 3.23. The molecular weight excluding hydrogens is 358 g/mol. The van der Waals surface area contributed by atoms with Crippen LogP contribution in [-0.4, -0.2) is 22.3 Å². The molecule has 0 fully saturated rings. The van der Waals surface area contributed by atoms with Gasteiger partial charge in [0.2, 0.25) is 17.6 Å². The Kier molecular flexibility index (Phi) is 6.29. The lowest BCUT2D eigenvalue weighted by atomic mass is 10.0. The van der Waals surface area contributed by atoms with Crippen LogP contribution in [0.15, 0.2) is 57.9 Å². The Labute approximate surface area is 163 Å². The molecule has 0 bridgehead atoms. The average Bonchev–Trinajstić information content (AvgIpc) is 3.16. The van der Waals surface area contributed by atoms with Crippen molar-refractivity contribution in [3.8, 4) is 11.4 Å². The molecule has 0 aliphatic heterocycles. The number of carbonyl (C=O) groups is 1. The SMILES string of the molecule is CSc1ccccc1NC(=O)CCc1nc(-c2ccc(C(C)C)cc2)no1. The van der Waals surface area contributed by atoms with E-state index in [-0.39, 0.29) is 12.3 Å². The summed E-state index contributed by atoms with van der Waals surface area (Å²) in [6.45, 7) is 4.31. The fraction of sp³-hybridized carbons (Fsp3) is 0.286. The van der Waals surface area contributed by atoms with E-state index >= 15 is 0 Å². The molecule has 5 nitrogen and oxygen atoms in total. The minimum absolute atomic E-state index is 0.0717. The number of hydrogen-bond acceptors (Lipinski definition) is 5. The van der Waals surface area contributed by atoms with Gasteiger partial charge in [0, 0.05) is 23.3 Å². The number of nitrogens with zero attached hydrogens (tertiary/aromatic N) is 2. The first-order valence-corrected chi connectivity index (χ1v) is 10.1. The van der Waals surface area contributed by atoms with Crippen molar-refractivity contribution < 1.29 is 9.32 Å². The summed E-state index contributed by atoms with van der Waals surface area (Å²) in [4.78, 5) is 17.7. The van der Waals surface area contributed by atoms with Crippen molar-refractivity contribution in [1.29, 1.82) is 0 Å². The summed E-state index contributed by atoms with van der Waals surface area (Å²) in [7, 11) is 0. The number of para-hydroxylation sites is 1. The van der Waals surface area contributed by atoms with Crippen molar-refractivity contribution >= 4 is 23.4 Å². The number of thioether (sulfide) groups is 1. The Morgan fingerprint density at radius 2 is 1.89 bits per heavy atom. The van der Waals surface area contributed by atoms with Crippen LogP contribution < -0.4 is 5.32 Å². The van der Waals surface area contributed by atoms with Crippen LogP contribution in [0.5, 0.6) is 0 Å². The van der Waals surface area contributed by atoms with E-state index < -0.39 is 0 Å². The van der Waals surface area contributed by atoms with Crippen molar-refractivity contribution in [3.63, 3.8) is 0 Å². The molecule has 0 saturated heterocycles. The van der Waals surface area contributed by atoms with E-state index in [2.05, 4.69) is 41.4 Å². The lowest BCUT2D eigenvalue weighted by molar-refractivity contribution is -0.116. The summed E-state index contributed by atoms with van der Waals surface area (Å²) < 4.78 is 5.30. The molecular formula is C21H23N3O2S. The molecule has 1 amide bonds. The third-order valence-electron chi connectivity index (χ3n) is 4.25. The predicted octanol–water partition coefficient (Wildman–Crippen LogP) is 5.15. The molecule has 1 aromatic heterocycles. The summed E-state index contributed by atoms with van der Waals surface area (Å²) in [6, 6.07) is 15.9. The molecule has 27 heavy (non-hydrogen) atoms. The zero-order chi connectivity index (χ0) is 19.2. The van der Waals surface area contributed by atoms with Crippen LogP contribution >= 0.6 is 11.8 Å². The molecule has 3 rings (SSSR count). The van der Waals surface area contributed by atoms with Gasteiger partial charge in [-0.05, 0) is 29.9 Å². The first-order chi connectivity index (χ1) is 13.1. The molecule has 2 aromatic carbocycles. The smallest absolute Gasteiger partial charge is 0.227 e. The Morgan fingerprint density at radius 3 is 2.59 bits per heavy atom. The first kappa shape index (κ1) is 19.2. The van der Waals surface area contributed by atoms with Gasteiger partial charge in [0.1, 0.15) is 0 Å². The normalized spacial score (nSPS) is 11.0. The van der Waals surface area contributed by atoms with Crippen LogP contribution in [-0.2, 0) is 11.2 Å². The van der Waals surface area contributed by atoms with E-state index in [1.165, 1.54) is 5.56 Å². The van der Waals surface area contributed by atoms with E-state index in [1.807, 2.05) is 42.7 Å². The number of benzene rings is 2. The zero-order valence-electron chi connectivity index (χ0n) is 15.7. The van der Waals surface area contributed by atoms with E-state index in [0.717, 1.165) is 16.1 Å². The number of aromatic nitrogens is 2. The van der Waals surface area contributed by atoms with Crippen LogP contribution in [0.2, 0.25) is 0 Å². The number of amides is 1. The van der Waals surface area contributed by atoms with Crippen molar-refractivity contribution in [2.45, 2.75) is 37.5 Å². The second-order valence-corrected chi connectivity index (χ2v) is 7.38. The van der Waals surface area contributed by atoms with E-state index in [9.17, 15) is 4.79 Å². The van der Waals surface area contributed by atoms with Crippen LogP contribution in [0.1, 0.15) is 37.6 Å². The van der Waals surface area contributed by atoms with Crippen LogP contribution in [0.25, 0.3) is 11.4 Å². The predicted molar refractivity (Wildman–Crippen MR) is 109 cm³/mol. The molecule has 1 N–H and O–H groups in total. The van der Waals surface area contributed by atoms with Gasteiger partial charge in [-0.25, -0.2) is 0 Å². The minimum Gasteiger partial charge on any atom is -0.339 e. The molecule has 1 heterocycles. The fourth-order valence-electron chi connectivity index (χ4n) is 2.67. The number of anilines is 1. The Balaban J connectivity index is 1.58. The molecule has 6 heteroatoms. The van der Waals surface area contributed by atoms with E-state index in [4.69, 9.17) is 4.52 Å². The molecule has 0 aliphatic carbocycles. The molecule has 0 atom stereocenters. The number of aryl methyl sites for hydroxylation is 1. The first-order valence-electron chi connectivity index (χ1n) is 8.92. The zero-order valence-corrected chi connectivity index (χ0v) is 16.5. The molecule has 0 spiro atoms. The van der Waals surface area contributed by atoms with Crippen molar-refractivity contribution in [2.75, 3.05) is 11.6 Å². The lowest BCUT2D eigenvalue weighted by Gasteiger charge is -2.08. The topological polar surface area (TPSA) is 68.0 Å². The van der Waals surface area contributed by atoms with Gasteiger partial charge in [0.05, 0.1) is 5.69 Å². The summed E-state index contributed by atoms with van der Waals surface area (Å²) in [6.07, 6.45) is 2.68. The molecule has 3 aromatic rings. The maximum Gasteiger partial charge on any atom is 0.227 e. The highest BCUT2D eigenvalue weighted by molar-refractivity contribution is 7.98. The number of carbonyl (C=O) groups excluding carboxylic acids is 1. The second-order valence-electron chi connectivity index (χ2n) is 6.54. The summed E-state index contributed by atoms with van der Waals surface area (Å²) in [5.41, 5.74) is 3.00. The molecule has 0 radical (unpaired) electrons. The number of hydrogen-bond donors (Lipinski definition) is 1. The van der Waals surface area contributed by atoms with Gasteiger partial charge >= 0.3 is 0 Å². The molecule has 140 valence electrons. The molecule has 0 aliphatic rings. The second kappa shape index (κ2) is 8.86. The minimum atomic E-state index is -0.0717. The summed E-state index contributed by atoms with van der Waals surface area (Å²) >= 11 is 1.60. The molecule has 0 unspecified atom stereocenters. The van der Waals surface area contributed by atoms with Crippen LogP contribution in [0, 0.1) is 0 Å². The van der Waals surface area contributed by atoms with Gasteiger partial charge in [-0.3, -0.25) is 4.79 Å². The molecule has 0 saturated carbocycles. The van der Waals surface area contributed by atoms with Crippen LogP contribution in [0.3, 0.4) is 0 Å². The van der Waals surface area contributed by atoms with Gasteiger partial charge in [-0.2, -0.15) is 4.98 Å². The van der Waals surface area contributed by atoms with Crippen molar-refractivity contribution in [3.05, 3.63) is 60.0 Å². The number of rotatable bonds is 7. The monoisotopic (exact) mass is 381 g/mol. The van der Waals surface area contributed by atoms with Crippen molar-refractivity contribution in [1.82, 2.24) is 10.1 Å². The third-order valence-corrected chi connectivity index (χ3v) is 5.05. The number of nitrogens with one attached hydrogen (secondary N) is 1. The van der Waals surface area contributed by atoms with Gasteiger partial charge < -0.3 is 9.84 Å². The van der Waals surface area contributed by atoms with Gasteiger partial charge in [0.15, 0.2) is 0 Å². The average molecular weight is 382 g/mol. The standard InChI is InChI=1S/C21H23N3O2S/c1-14(2)15-8-10-16(11-9-15)21-23-20(26-24-21)13-12-19(25)22-17-6-4-5-7-18(17)27-3/h4-11,14H,12-13H2,1-3H3,(H,22,25). The highest BCUT2D eigenvalue weighted by atomic mass is 32.2. The Morgan fingerprint density at radius 1 is 1.15 bits per heavy atom. The summed E-state index contributed by atoms with van der Waals surface area (Å²) in [5.74, 6) is 1.42. The van der Waals surface area contributed by atoms with Gasteiger partial charge in [-0.1, -0.05) is 55.4 Å². The maximum atomic E-state index is 12.2. The Hall–Kier alpha value is -2.60. The highest BCUT2D eigenvalue weighted by Gasteiger charge is 2.12. The summed E-state index contributed by atoms with van der Waals surface area (Å²) in [5, 5.41) is 6.97. The highest BCUT2D eigenvalue weighted by Crippen LogP contribution is 2.25. The largest absolute Gasteiger partial charge is 0.339 e. The van der Waals surface area contributed by atoms with Gasteiger partial charge in [-0.15, -0.1) is 11.8 Å². The Bertz CT molecular complexity index is 904. The lowest BCUT2D eigenvalue weighted by Crippen LogP contribution is -2.13. The maximum absolute atomic E-state index is 12.2. The van der Waals surface area contributed by atoms with Crippen molar-refractivity contribution in [2.24, 2.45) is 0 Å². The third kappa shape index (κ3) is 4.98. The quantitative estimate of drug-likeness (QED) is 0.573. The van der Waals surface area contributed by atoms with E-state index in [1.54, 1.807) is 11.8 Å². The van der Waals surface area contributed by atoms with Gasteiger partial charge in [0.25, 0.3) is 0 Å².